The van der Waals surface area contributed by atoms with Gasteiger partial charge in [-0.2, -0.15) is 5.26 Å². The van der Waals surface area contributed by atoms with Crippen LogP contribution in [0.1, 0.15) is 18.5 Å². The van der Waals surface area contributed by atoms with Crippen LogP contribution in [0.15, 0.2) is 12.4 Å². The van der Waals surface area contributed by atoms with Crippen molar-refractivity contribution in [1.82, 2.24) is 9.97 Å². The van der Waals surface area contributed by atoms with Crippen molar-refractivity contribution in [2.24, 2.45) is 0 Å². The van der Waals surface area contributed by atoms with Gasteiger partial charge >= 0.3 is 0 Å². The van der Waals surface area contributed by atoms with Gasteiger partial charge in [-0.3, -0.25) is 0 Å². The quantitative estimate of drug-likeness (QED) is 0.708. The van der Waals surface area contributed by atoms with Crippen LogP contribution in [0, 0.1) is 11.3 Å². The second-order valence-corrected chi connectivity index (χ2v) is 3.03. The third kappa shape index (κ3) is 4.38. The average Bonchev–Trinajstić information content (AvgIpc) is 2.30. The minimum atomic E-state index is 0.333. The van der Waals surface area contributed by atoms with E-state index in [-0.39, 0.29) is 0 Å². The molecular formula is C10H14N4O. The summed E-state index contributed by atoms with van der Waals surface area (Å²) < 4.78 is 4.93. The van der Waals surface area contributed by atoms with Crippen LogP contribution in [0.5, 0.6) is 0 Å². The minimum Gasteiger partial charge on any atom is -0.385 e. The molecule has 0 aliphatic carbocycles. The summed E-state index contributed by atoms with van der Waals surface area (Å²) in [5.74, 6) is 0.700. The zero-order valence-corrected chi connectivity index (χ0v) is 8.73. The lowest BCUT2D eigenvalue weighted by Crippen LogP contribution is -2.05. The molecule has 0 aliphatic heterocycles. The molecule has 0 radical (unpaired) electrons. The molecule has 0 aliphatic rings. The van der Waals surface area contributed by atoms with E-state index in [0.717, 1.165) is 26.0 Å². The fourth-order valence-electron chi connectivity index (χ4n) is 1.06. The van der Waals surface area contributed by atoms with Gasteiger partial charge in [-0.1, -0.05) is 0 Å². The molecule has 1 aromatic rings. The van der Waals surface area contributed by atoms with E-state index in [4.69, 9.17) is 10.00 Å². The fraction of sp³-hybridized carbons (Fsp3) is 0.500. The lowest BCUT2D eigenvalue weighted by molar-refractivity contribution is 0.194. The van der Waals surface area contributed by atoms with Crippen LogP contribution in [0.2, 0.25) is 0 Å². The maximum atomic E-state index is 8.51. The van der Waals surface area contributed by atoms with Gasteiger partial charge in [-0.05, 0) is 12.8 Å². The Labute approximate surface area is 89.1 Å². The van der Waals surface area contributed by atoms with Gasteiger partial charge in [0, 0.05) is 20.3 Å². The average molecular weight is 206 g/mol. The predicted octanol–water partition coefficient (Wildman–Crippen LogP) is 1.19. The number of hydrogen-bond donors (Lipinski definition) is 1. The molecule has 5 nitrogen and oxygen atoms in total. The van der Waals surface area contributed by atoms with Crippen molar-refractivity contribution < 1.29 is 4.74 Å². The Kier molecular flexibility index (Phi) is 5.12. The Hall–Kier alpha value is -1.67. The molecular weight excluding hydrogens is 192 g/mol. The monoisotopic (exact) mass is 206 g/mol. The van der Waals surface area contributed by atoms with Crippen LogP contribution < -0.4 is 5.32 Å². The Balaban J connectivity index is 2.23. The van der Waals surface area contributed by atoms with E-state index in [0.29, 0.717) is 11.5 Å². The number of rotatable bonds is 6. The molecule has 0 unspecified atom stereocenters. The molecule has 80 valence electrons. The first kappa shape index (κ1) is 11.4. The smallest absolute Gasteiger partial charge is 0.158 e. The van der Waals surface area contributed by atoms with Gasteiger partial charge in [0.15, 0.2) is 5.69 Å². The molecule has 1 rings (SSSR count). The lowest BCUT2D eigenvalue weighted by atomic mass is 10.3. The number of unbranched alkanes of at least 4 members (excludes halogenated alkanes) is 1. The summed E-state index contributed by atoms with van der Waals surface area (Å²) in [6, 6.07) is 1.92. The Morgan fingerprint density at radius 2 is 2.27 bits per heavy atom. The van der Waals surface area contributed by atoms with Crippen molar-refractivity contribution in [1.29, 1.82) is 5.26 Å². The molecule has 15 heavy (non-hydrogen) atoms. The normalized spacial score (nSPS) is 9.60. The molecule has 5 heteroatoms. The van der Waals surface area contributed by atoms with E-state index in [9.17, 15) is 0 Å². The van der Waals surface area contributed by atoms with Crippen LogP contribution in [0.4, 0.5) is 5.82 Å². The van der Waals surface area contributed by atoms with Crippen molar-refractivity contribution in [2.45, 2.75) is 12.8 Å². The minimum absolute atomic E-state index is 0.333. The number of nitriles is 1. The standard InChI is InChI=1S/C10H14N4O/c1-15-5-3-2-4-12-10-8-13-9(6-11)7-14-10/h7-8H,2-5H2,1H3,(H,12,14). The van der Waals surface area contributed by atoms with E-state index >= 15 is 0 Å². The van der Waals surface area contributed by atoms with Crippen LogP contribution in [0.3, 0.4) is 0 Å². The summed E-state index contributed by atoms with van der Waals surface area (Å²) in [4.78, 5) is 7.94. The number of aromatic nitrogens is 2. The summed E-state index contributed by atoms with van der Waals surface area (Å²) >= 11 is 0. The largest absolute Gasteiger partial charge is 0.385 e. The van der Waals surface area contributed by atoms with Crippen LogP contribution in [-0.4, -0.2) is 30.2 Å². The molecule has 1 aromatic heterocycles. The number of hydrogen-bond acceptors (Lipinski definition) is 5. The Bertz CT molecular complexity index is 317. The topological polar surface area (TPSA) is 70.8 Å². The van der Waals surface area contributed by atoms with Crippen LogP contribution in [0.25, 0.3) is 0 Å². The number of ether oxygens (including phenoxy) is 1. The van der Waals surface area contributed by atoms with Crippen molar-refractivity contribution >= 4 is 5.82 Å². The van der Waals surface area contributed by atoms with Gasteiger partial charge < -0.3 is 10.1 Å². The highest BCUT2D eigenvalue weighted by Gasteiger charge is 1.95. The number of nitrogens with one attached hydrogen (secondary N) is 1. The van der Waals surface area contributed by atoms with Gasteiger partial charge in [-0.25, -0.2) is 9.97 Å². The molecule has 0 fully saturated rings. The molecule has 0 saturated heterocycles. The Morgan fingerprint density at radius 1 is 1.40 bits per heavy atom. The van der Waals surface area contributed by atoms with Crippen molar-refractivity contribution in [3.63, 3.8) is 0 Å². The first-order valence-electron chi connectivity index (χ1n) is 4.82. The second-order valence-electron chi connectivity index (χ2n) is 3.03. The van der Waals surface area contributed by atoms with Gasteiger partial charge in [0.05, 0.1) is 12.4 Å². The van der Waals surface area contributed by atoms with E-state index in [1.54, 1.807) is 13.3 Å². The number of methoxy groups -OCH3 is 1. The molecule has 1 heterocycles. The summed E-state index contributed by atoms with van der Waals surface area (Å²) in [6.07, 6.45) is 5.06. The number of anilines is 1. The van der Waals surface area contributed by atoms with Gasteiger partial charge in [0.1, 0.15) is 11.9 Å². The SMILES string of the molecule is COCCCCNc1cnc(C#N)cn1. The van der Waals surface area contributed by atoms with Crippen molar-refractivity contribution in [3.8, 4) is 6.07 Å². The third-order valence-electron chi connectivity index (χ3n) is 1.85. The molecule has 0 aromatic carbocycles. The van der Waals surface area contributed by atoms with Gasteiger partial charge in [-0.15, -0.1) is 0 Å². The number of nitrogens with zero attached hydrogens (tertiary/aromatic N) is 3. The molecule has 0 saturated carbocycles. The van der Waals surface area contributed by atoms with E-state index in [2.05, 4.69) is 15.3 Å². The first-order chi connectivity index (χ1) is 7.36. The molecule has 0 amide bonds. The third-order valence-corrected chi connectivity index (χ3v) is 1.85. The second kappa shape index (κ2) is 6.74. The molecule has 0 bridgehead atoms. The van der Waals surface area contributed by atoms with Crippen LogP contribution in [-0.2, 0) is 4.74 Å². The zero-order chi connectivity index (χ0) is 10.9. The summed E-state index contributed by atoms with van der Waals surface area (Å²) in [5, 5.41) is 11.6. The van der Waals surface area contributed by atoms with E-state index in [1.807, 2.05) is 6.07 Å². The van der Waals surface area contributed by atoms with Gasteiger partial charge in [0.2, 0.25) is 0 Å². The molecule has 0 spiro atoms. The van der Waals surface area contributed by atoms with Crippen molar-refractivity contribution in [3.05, 3.63) is 18.1 Å². The highest BCUT2D eigenvalue weighted by Crippen LogP contribution is 2.00. The first-order valence-corrected chi connectivity index (χ1v) is 4.82. The predicted molar refractivity (Wildman–Crippen MR) is 56.3 cm³/mol. The van der Waals surface area contributed by atoms with Crippen molar-refractivity contribution in [2.75, 3.05) is 25.6 Å². The maximum Gasteiger partial charge on any atom is 0.158 e. The highest BCUT2D eigenvalue weighted by molar-refractivity contribution is 5.32. The molecule has 1 N–H and O–H groups in total. The van der Waals surface area contributed by atoms with E-state index < -0.39 is 0 Å². The zero-order valence-electron chi connectivity index (χ0n) is 8.73. The fourth-order valence-corrected chi connectivity index (χ4v) is 1.06. The lowest BCUT2D eigenvalue weighted by Gasteiger charge is -2.04. The highest BCUT2D eigenvalue weighted by atomic mass is 16.5. The summed E-state index contributed by atoms with van der Waals surface area (Å²) in [5.41, 5.74) is 0.333. The Morgan fingerprint density at radius 3 is 2.87 bits per heavy atom. The summed E-state index contributed by atoms with van der Waals surface area (Å²) in [6.45, 7) is 1.62. The molecule has 0 atom stereocenters. The van der Waals surface area contributed by atoms with E-state index in [1.165, 1.54) is 6.20 Å². The van der Waals surface area contributed by atoms with Gasteiger partial charge in [0.25, 0.3) is 0 Å². The maximum absolute atomic E-state index is 8.51. The summed E-state index contributed by atoms with van der Waals surface area (Å²) in [7, 11) is 1.69. The van der Waals surface area contributed by atoms with Crippen LogP contribution >= 0.6 is 0 Å².